The molecule has 126 valence electrons. The molecule has 0 radical (unpaired) electrons. The van der Waals surface area contributed by atoms with Crippen LogP contribution in [0.5, 0.6) is 0 Å². The predicted molar refractivity (Wildman–Crippen MR) is 78.9 cm³/mol. The van der Waals surface area contributed by atoms with Crippen molar-refractivity contribution in [2.75, 3.05) is 38.7 Å². The first kappa shape index (κ1) is 17.5. The Bertz CT molecular complexity index is 572. The average molecular weight is 328 g/mol. The Balaban J connectivity index is 2.19. The summed E-state index contributed by atoms with van der Waals surface area (Å²) in [6, 6.07) is 3.83. The maximum atomic E-state index is 12.8. The number of alkyl halides is 3. The standard InChI is InChI=1S/C15H19F3N4O/c1-23-10-14(4-6-20-7-5-14)9-21-13-11(8-19)2-3-12(22-13)15(16,17)18/h2-3,20H,4-7,9-10H2,1H3,(H,21,22). The van der Waals surface area contributed by atoms with Crippen molar-refractivity contribution in [3.63, 3.8) is 0 Å². The van der Waals surface area contributed by atoms with Crippen molar-refractivity contribution < 1.29 is 17.9 Å². The third kappa shape index (κ3) is 4.33. The lowest BCUT2D eigenvalue weighted by Crippen LogP contribution is -2.44. The van der Waals surface area contributed by atoms with Gasteiger partial charge in [-0.1, -0.05) is 0 Å². The molecular weight excluding hydrogens is 309 g/mol. The molecule has 0 unspecified atom stereocenters. The molecule has 8 heteroatoms. The molecule has 1 aliphatic rings. The maximum absolute atomic E-state index is 12.8. The van der Waals surface area contributed by atoms with Crippen LogP contribution in [0.15, 0.2) is 12.1 Å². The highest BCUT2D eigenvalue weighted by Crippen LogP contribution is 2.32. The number of ether oxygens (including phenoxy) is 1. The average Bonchev–Trinajstić information content (AvgIpc) is 2.53. The van der Waals surface area contributed by atoms with E-state index in [1.54, 1.807) is 7.11 Å². The number of methoxy groups -OCH3 is 1. The first-order valence-electron chi connectivity index (χ1n) is 7.32. The van der Waals surface area contributed by atoms with Gasteiger partial charge in [0.15, 0.2) is 0 Å². The Kier molecular flexibility index (Phi) is 5.44. The molecular formula is C15H19F3N4O. The lowest BCUT2D eigenvalue weighted by atomic mass is 9.79. The summed E-state index contributed by atoms with van der Waals surface area (Å²) in [5, 5.41) is 15.2. The van der Waals surface area contributed by atoms with E-state index < -0.39 is 11.9 Å². The van der Waals surface area contributed by atoms with Gasteiger partial charge in [-0.05, 0) is 38.1 Å². The minimum absolute atomic E-state index is 0.0312. The van der Waals surface area contributed by atoms with Gasteiger partial charge in [-0.15, -0.1) is 0 Å². The zero-order chi connectivity index (χ0) is 16.9. The molecule has 5 nitrogen and oxygen atoms in total. The number of anilines is 1. The number of pyridine rings is 1. The highest BCUT2D eigenvalue weighted by atomic mass is 19.4. The number of hydrogen-bond donors (Lipinski definition) is 2. The molecule has 2 N–H and O–H groups in total. The van der Waals surface area contributed by atoms with E-state index in [1.165, 1.54) is 0 Å². The van der Waals surface area contributed by atoms with E-state index in [1.807, 2.05) is 6.07 Å². The molecule has 0 spiro atoms. The van der Waals surface area contributed by atoms with Gasteiger partial charge < -0.3 is 15.4 Å². The number of nitriles is 1. The highest BCUT2D eigenvalue weighted by molar-refractivity contribution is 5.52. The van der Waals surface area contributed by atoms with Crippen molar-refractivity contribution in [2.24, 2.45) is 5.41 Å². The monoisotopic (exact) mass is 328 g/mol. The lowest BCUT2D eigenvalue weighted by Gasteiger charge is -2.37. The van der Waals surface area contributed by atoms with E-state index in [-0.39, 0.29) is 16.8 Å². The van der Waals surface area contributed by atoms with Crippen LogP contribution in [-0.2, 0) is 10.9 Å². The van der Waals surface area contributed by atoms with Gasteiger partial charge in [-0.25, -0.2) is 4.98 Å². The lowest BCUT2D eigenvalue weighted by molar-refractivity contribution is -0.141. The fraction of sp³-hybridized carbons (Fsp3) is 0.600. The zero-order valence-electron chi connectivity index (χ0n) is 12.8. The molecule has 23 heavy (non-hydrogen) atoms. The summed E-state index contributed by atoms with van der Waals surface area (Å²) in [6.45, 7) is 2.56. The van der Waals surface area contributed by atoms with E-state index >= 15 is 0 Å². The third-order valence-electron chi connectivity index (χ3n) is 4.05. The molecule has 1 aliphatic heterocycles. The first-order valence-corrected chi connectivity index (χ1v) is 7.32. The van der Waals surface area contributed by atoms with Gasteiger partial charge in [0, 0.05) is 19.1 Å². The van der Waals surface area contributed by atoms with Gasteiger partial charge in [-0.2, -0.15) is 18.4 Å². The van der Waals surface area contributed by atoms with E-state index in [9.17, 15) is 13.2 Å². The molecule has 0 amide bonds. The molecule has 0 saturated carbocycles. The zero-order valence-corrected chi connectivity index (χ0v) is 12.8. The minimum atomic E-state index is -4.54. The van der Waals surface area contributed by atoms with Gasteiger partial charge in [0.25, 0.3) is 0 Å². The molecule has 1 aromatic rings. The van der Waals surface area contributed by atoms with Crippen LogP contribution in [-0.4, -0.2) is 38.3 Å². The van der Waals surface area contributed by atoms with Gasteiger partial charge in [0.05, 0.1) is 12.2 Å². The fourth-order valence-corrected chi connectivity index (χ4v) is 2.75. The summed E-state index contributed by atoms with van der Waals surface area (Å²) in [7, 11) is 1.60. The molecule has 1 aromatic heterocycles. The van der Waals surface area contributed by atoms with Crippen molar-refractivity contribution in [1.29, 1.82) is 5.26 Å². The number of hydrogen-bond acceptors (Lipinski definition) is 5. The number of piperidine rings is 1. The second-order valence-electron chi connectivity index (χ2n) is 5.74. The molecule has 0 aromatic carbocycles. The molecule has 2 rings (SSSR count). The Morgan fingerprint density at radius 2 is 2.09 bits per heavy atom. The number of nitrogens with one attached hydrogen (secondary N) is 2. The van der Waals surface area contributed by atoms with Gasteiger partial charge in [-0.3, -0.25) is 0 Å². The van der Waals surface area contributed by atoms with E-state index in [2.05, 4.69) is 15.6 Å². The van der Waals surface area contributed by atoms with Crippen LogP contribution >= 0.6 is 0 Å². The Morgan fingerprint density at radius 3 is 2.65 bits per heavy atom. The fourth-order valence-electron chi connectivity index (χ4n) is 2.75. The van der Waals surface area contributed by atoms with Crippen LogP contribution in [0.25, 0.3) is 0 Å². The van der Waals surface area contributed by atoms with Crippen molar-refractivity contribution in [3.05, 3.63) is 23.4 Å². The SMILES string of the molecule is COCC1(CNc2nc(C(F)(F)F)ccc2C#N)CCNCC1. The summed E-state index contributed by atoms with van der Waals surface area (Å²) < 4.78 is 43.7. The van der Waals surface area contributed by atoms with Crippen molar-refractivity contribution in [3.8, 4) is 6.07 Å². The molecule has 0 atom stereocenters. The van der Waals surface area contributed by atoms with Crippen LogP contribution in [0.1, 0.15) is 24.1 Å². The molecule has 1 saturated heterocycles. The summed E-state index contributed by atoms with van der Waals surface area (Å²) >= 11 is 0. The quantitative estimate of drug-likeness (QED) is 0.868. The highest BCUT2D eigenvalue weighted by Gasteiger charge is 2.34. The van der Waals surface area contributed by atoms with Gasteiger partial charge >= 0.3 is 6.18 Å². The first-order chi connectivity index (χ1) is 10.9. The number of nitrogens with zero attached hydrogens (tertiary/aromatic N) is 2. The van der Waals surface area contributed by atoms with Crippen molar-refractivity contribution >= 4 is 5.82 Å². The van der Waals surface area contributed by atoms with E-state index in [0.717, 1.165) is 38.1 Å². The summed E-state index contributed by atoms with van der Waals surface area (Å²) in [4.78, 5) is 3.58. The Hall–Kier alpha value is -1.85. The normalized spacial score (nSPS) is 17.5. The topological polar surface area (TPSA) is 70.0 Å². The smallest absolute Gasteiger partial charge is 0.384 e. The van der Waals surface area contributed by atoms with E-state index in [4.69, 9.17) is 10.00 Å². The Labute approximate surface area is 132 Å². The number of halogens is 3. The van der Waals surface area contributed by atoms with Crippen LogP contribution in [0.3, 0.4) is 0 Å². The van der Waals surface area contributed by atoms with Crippen molar-refractivity contribution in [1.82, 2.24) is 10.3 Å². The minimum Gasteiger partial charge on any atom is -0.384 e. The Morgan fingerprint density at radius 1 is 1.39 bits per heavy atom. The second-order valence-corrected chi connectivity index (χ2v) is 5.74. The summed E-state index contributed by atoms with van der Waals surface area (Å²) in [5.41, 5.74) is -1.09. The third-order valence-corrected chi connectivity index (χ3v) is 4.05. The molecule has 1 fully saturated rings. The molecule has 0 aliphatic carbocycles. The van der Waals surface area contributed by atoms with Crippen LogP contribution < -0.4 is 10.6 Å². The van der Waals surface area contributed by atoms with Gasteiger partial charge in [0.1, 0.15) is 17.6 Å². The maximum Gasteiger partial charge on any atom is 0.433 e. The summed E-state index contributed by atoms with van der Waals surface area (Å²) in [5.74, 6) is -0.0312. The van der Waals surface area contributed by atoms with Gasteiger partial charge in [0.2, 0.25) is 0 Å². The summed E-state index contributed by atoms with van der Waals surface area (Å²) in [6.07, 6.45) is -2.85. The second kappa shape index (κ2) is 7.15. The molecule has 0 bridgehead atoms. The van der Waals surface area contributed by atoms with E-state index in [0.29, 0.717) is 13.2 Å². The number of rotatable bonds is 5. The largest absolute Gasteiger partial charge is 0.433 e. The van der Waals surface area contributed by atoms with Crippen LogP contribution in [0.4, 0.5) is 19.0 Å². The predicted octanol–water partition coefficient (Wildman–Crippen LogP) is 2.40. The number of aromatic nitrogens is 1. The van der Waals surface area contributed by atoms with Crippen molar-refractivity contribution in [2.45, 2.75) is 19.0 Å². The van der Waals surface area contributed by atoms with Crippen LogP contribution in [0.2, 0.25) is 0 Å². The molecule has 2 heterocycles. The van der Waals surface area contributed by atoms with Crippen LogP contribution in [0, 0.1) is 16.7 Å².